The third-order valence-corrected chi connectivity index (χ3v) is 16.6. The van der Waals surface area contributed by atoms with Crippen molar-refractivity contribution < 1.29 is 28.3 Å². The Bertz CT molecular complexity index is 3690. The predicted molar refractivity (Wildman–Crippen MR) is 310 cm³/mol. The number of hydrogen-bond donors (Lipinski definition) is 1. The lowest BCUT2D eigenvalue weighted by Gasteiger charge is -2.43. The van der Waals surface area contributed by atoms with Crippen LogP contribution in [-0.4, -0.2) is 77.5 Å². The zero-order valence-electron chi connectivity index (χ0n) is 46.9. The van der Waals surface area contributed by atoms with Crippen LogP contribution in [0.25, 0.3) is 33.8 Å². The van der Waals surface area contributed by atoms with Crippen molar-refractivity contribution in [3.05, 3.63) is 178 Å². The minimum absolute atomic E-state index is 0.213. The lowest BCUT2D eigenvalue weighted by molar-refractivity contribution is -0.637. The second-order valence-electron chi connectivity index (χ2n) is 22.0. The zero-order chi connectivity index (χ0) is 54.3. The van der Waals surface area contributed by atoms with Crippen molar-refractivity contribution in [2.75, 3.05) is 75.0 Å². The molecule has 388 valence electrons. The van der Waals surface area contributed by atoms with Crippen molar-refractivity contribution in [1.29, 1.82) is 0 Å². The second-order valence-corrected chi connectivity index (χ2v) is 23.1. The van der Waals surface area contributed by atoms with Crippen LogP contribution in [0.15, 0.2) is 144 Å². The van der Waals surface area contributed by atoms with Crippen LogP contribution in [0.2, 0.25) is 0 Å². The quantitative estimate of drug-likeness (QED) is 0.121. The van der Waals surface area contributed by atoms with Gasteiger partial charge in [-0.15, -0.1) is 0 Å². The molecule has 0 radical (unpaired) electrons. The Morgan fingerprint density at radius 2 is 1.16 bits per heavy atom. The van der Waals surface area contributed by atoms with Gasteiger partial charge in [0, 0.05) is 166 Å². The molecular formula is C64H72N8O3S+4. The maximum absolute atomic E-state index is 12.3. The molecule has 3 aliphatic rings. The van der Waals surface area contributed by atoms with Gasteiger partial charge in [-0.05, 0) is 102 Å². The molecule has 0 saturated heterocycles. The number of anilines is 4. The Hall–Kier alpha value is -7.70. The maximum atomic E-state index is 12.3. The van der Waals surface area contributed by atoms with Gasteiger partial charge < -0.3 is 29.4 Å². The minimum Gasteiger partial charge on any atom is -0.478 e. The largest absolute Gasteiger partial charge is 0.478 e. The molecule has 10 rings (SSSR count). The molecule has 0 spiro atoms. The molecule has 0 unspecified atom stereocenters. The molecule has 7 aromatic rings. The molecule has 6 heterocycles. The van der Waals surface area contributed by atoms with Crippen molar-refractivity contribution in [3.8, 4) is 28.6 Å². The van der Waals surface area contributed by atoms with E-state index in [1.54, 1.807) is 23.9 Å². The molecule has 0 saturated carbocycles. The summed E-state index contributed by atoms with van der Waals surface area (Å²) in [4.78, 5) is 23.0. The number of carboxylic acid groups (broad SMARTS) is 1. The monoisotopic (exact) mass is 1030 g/mol. The highest BCUT2D eigenvalue weighted by Gasteiger charge is 2.43. The maximum Gasteiger partial charge on any atom is 0.335 e. The highest BCUT2D eigenvalue weighted by Crippen LogP contribution is 2.50. The third kappa shape index (κ3) is 8.89. The summed E-state index contributed by atoms with van der Waals surface area (Å²) in [7, 11) is 12.4. The fraction of sp³-hybridized carbons (Fsp3) is 0.297. The lowest BCUT2D eigenvalue weighted by atomic mass is 9.82. The van der Waals surface area contributed by atoms with Gasteiger partial charge in [-0.25, -0.2) is 9.37 Å². The highest BCUT2D eigenvalue weighted by atomic mass is 32.2. The van der Waals surface area contributed by atoms with E-state index in [1.807, 2.05) is 12.1 Å². The van der Waals surface area contributed by atoms with E-state index in [0.29, 0.717) is 0 Å². The van der Waals surface area contributed by atoms with Crippen molar-refractivity contribution in [2.45, 2.75) is 83.2 Å². The van der Waals surface area contributed by atoms with Gasteiger partial charge in [-0.2, -0.15) is 13.7 Å². The fourth-order valence-corrected chi connectivity index (χ4v) is 13.0. The average molecular weight is 1030 g/mol. The van der Waals surface area contributed by atoms with Crippen LogP contribution >= 0.6 is 11.8 Å². The summed E-state index contributed by atoms with van der Waals surface area (Å²) in [6, 6.07) is 29.6. The highest BCUT2D eigenvalue weighted by molar-refractivity contribution is 7.99. The summed E-state index contributed by atoms with van der Waals surface area (Å²) >= 11 is 1.64. The van der Waals surface area contributed by atoms with Gasteiger partial charge in [0.15, 0.2) is 47.6 Å². The first kappa shape index (κ1) is 51.8. The molecule has 76 heavy (non-hydrogen) atoms. The molecule has 0 bridgehead atoms. The summed E-state index contributed by atoms with van der Waals surface area (Å²) in [5.74, 6) is 0.636. The summed E-state index contributed by atoms with van der Waals surface area (Å²) in [6.07, 6.45) is 17.8. The van der Waals surface area contributed by atoms with Crippen LogP contribution in [0.3, 0.4) is 0 Å². The number of carbonyl (C=O) groups is 1. The first-order chi connectivity index (χ1) is 36.1. The van der Waals surface area contributed by atoms with Crippen LogP contribution in [0, 0.1) is 6.92 Å². The topological polar surface area (TPSA) is 74.1 Å². The molecule has 0 aliphatic carbocycles. The van der Waals surface area contributed by atoms with E-state index in [0.717, 1.165) is 107 Å². The Morgan fingerprint density at radius 1 is 0.632 bits per heavy atom. The van der Waals surface area contributed by atoms with E-state index >= 15 is 0 Å². The van der Waals surface area contributed by atoms with Crippen LogP contribution in [-0.2, 0) is 0 Å². The molecule has 11 nitrogen and oxygen atoms in total. The number of nitrogens with zero attached hydrogens (tertiary/aromatic N) is 8. The zero-order valence-corrected chi connectivity index (χ0v) is 47.7. The number of hydrogen-bond acceptors (Lipinski definition) is 7. The first-order valence-electron chi connectivity index (χ1n) is 26.3. The Balaban J connectivity index is 1.46. The van der Waals surface area contributed by atoms with Gasteiger partial charge in [-0.1, -0.05) is 17.8 Å². The van der Waals surface area contributed by atoms with Crippen molar-refractivity contribution >= 4 is 57.2 Å². The number of ether oxygens (including phenoxy) is 1. The second kappa shape index (κ2) is 19.5. The third-order valence-electron chi connectivity index (χ3n) is 15.5. The van der Waals surface area contributed by atoms with Crippen molar-refractivity contribution in [3.63, 3.8) is 0 Å². The Labute approximate surface area is 452 Å². The molecule has 12 heteroatoms. The lowest BCUT2D eigenvalue weighted by Crippen LogP contribution is -2.49. The number of pyridine rings is 3. The van der Waals surface area contributed by atoms with E-state index < -0.39 is 5.97 Å². The van der Waals surface area contributed by atoms with Gasteiger partial charge in [0.1, 0.15) is 18.0 Å². The number of rotatable bonds is 12. The molecule has 0 amide bonds. The van der Waals surface area contributed by atoms with Gasteiger partial charge in [-0.3, -0.25) is 0 Å². The number of likely N-dealkylation sites (N-methyl/N-ethyl adjacent to an activating group) is 2. The van der Waals surface area contributed by atoms with E-state index in [-0.39, 0.29) is 16.6 Å². The minimum atomic E-state index is -0.965. The van der Waals surface area contributed by atoms with E-state index in [4.69, 9.17) is 4.74 Å². The summed E-state index contributed by atoms with van der Waals surface area (Å²) < 4.78 is 16.7. The predicted octanol–water partition coefficient (Wildman–Crippen LogP) is 9.95. The van der Waals surface area contributed by atoms with E-state index in [9.17, 15) is 9.90 Å². The number of aromatic carboxylic acids is 1. The normalized spacial score (nSPS) is 14.9. The number of aromatic nitrogens is 3. The van der Waals surface area contributed by atoms with E-state index in [2.05, 4.69) is 252 Å². The molecule has 0 fully saturated rings. The first-order valence-corrected chi connectivity index (χ1v) is 27.1. The van der Waals surface area contributed by atoms with Crippen molar-refractivity contribution in [2.24, 2.45) is 0 Å². The summed E-state index contributed by atoms with van der Waals surface area (Å²) in [5, 5.41) is 12.3. The number of allylic oxidation sites excluding steroid dienone is 2. The number of carboxylic acids is 1. The smallest absolute Gasteiger partial charge is 0.335 e. The van der Waals surface area contributed by atoms with Gasteiger partial charge >= 0.3 is 11.7 Å². The molecule has 1 N–H and O–H groups in total. The van der Waals surface area contributed by atoms with Crippen LogP contribution < -0.4 is 53.2 Å². The van der Waals surface area contributed by atoms with E-state index in [1.165, 1.54) is 22.3 Å². The molecule has 3 aliphatic heterocycles. The van der Waals surface area contributed by atoms with Gasteiger partial charge in [0.05, 0.1) is 22.7 Å². The Kier molecular flexibility index (Phi) is 13.3. The number of fused-ring (bicyclic) bond motifs is 4. The molecule has 4 aromatic carbocycles. The van der Waals surface area contributed by atoms with Crippen LogP contribution in [0.5, 0.6) is 11.5 Å². The SMILES string of the molecule is CCN1c2cc3c(cc2C(C)=CC1(C)C)C(c1c(C)c(-[n+]2ccc(N(C)C)cc2)c(-[n+]2ccc(N(C)C)cc2)c(Sc2ccc(C(=O)O)cc2)c1-[n+]1ccc(N(C)C)cc1)=c1cc2c(cc1O3)=[N+](CC)C(C)(C)C=C2C. The van der Waals surface area contributed by atoms with Crippen LogP contribution in [0.1, 0.15) is 93.6 Å². The summed E-state index contributed by atoms with van der Waals surface area (Å²) in [6.45, 7) is 22.1. The van der Waals surface area contributed by atoms with Crippen LogP contribution in [0.4, 0.5) is 22.7 Å². The average Bonchev–Trinajstić information content (AvgIpc) is 3.56. The molecular weight excluding hydrogens is 961 g/mol. The Morgan fingerprint density at radius 3 is 1.67 bits per heavy atom. The van der Waals surface area contributed by atoms with Crippen molar-refractivity contribution in [1.82, 2.24) is 4.58 Å². The van der Waals surface area contributed by atoms with Gasteiger partial charge in [0.25, 0.3) is 5.69 Å². The number of benzene rings is 4. The standard InChI is InChI=1S/C64H71N8O3S/c1-16-71-52-36-54-50(34-48(52)40(3)38-63(71,6)7)57(51-35-49-41(4)39-64(8,9)72(17-2)53(49)37-55(51)75-54)56-42(5)58(68-28-22-44(23-29-68)65(10)11)60(70-32-26-46(27-33-70)67(14)15)61(76-47-20-18-43(19-21-47)62(73)74)59(56)69-30-24-45(25-31-69)66(12)13/h18-39H,16-17H2,1-15H3/q+3/p+1. The summed E-state index contributed by atoms with van der Waals surface area (Å²) in [5.41, 5.74) is 16.1. The molecule has 0 atom stereocenters. The van der Waals surface area contributed by atoms with Gasteiger partial charge in [0.2, 0.25) is 11.0 Å². The molecule has 3 aromatic heterocycles. The fourth-order valence-electron chi connectivity index (χ4n) is 11.8.